The second-order valence-corrected chi connectivity index (χ2v) is 7.90. The van der Waals surface area contributed by atoms with Crippen LogP contribution in [0.1, 0.15) is 37.9 Å². The normalized spacial score (nSPS) is 23.5. The van der Waals surface area contributed by atoms with Gasteiger partial charge in [0.15, 0.2) is 0 Å². The van der Waals surface area contributed by atoms with Crippen LogP contribution in [0.2, 0.25) is 0 Å². The van der Waals surface area contributed by atoms with Gasteiger partial charge in [-0.25, -0.2) is 4.39 Å². The molecule has 0 aromatic carbocycles. The average Bonchev–Trinajstić information content (AvgIpc) is 3.45. The van der Waals surface area contributed by atoms with Crippen molar-refractivity contribution in [1.82, 2.24) is 4.98 Å². The van der Waals surface area contributed by atoms with Crippen molar-refractivity contribution in [1.29, 1.82) is 0 Å². The van der Waals surface area contributed by atoms with Crippen LogP contribution in [0.5, 0.6) is 0 Å². The SMILES string of the molecule is C=CC1=CC(C=C)C(/C(=C/C(=C)C2(F)CC2)Cc2cccnc2CC)C(C)=C1. The van der Waals surface area contributed by atoms with E-state index in [0.717, 1.165) is 24.1 Å². The molecule has 1 nitrogen and oxygen atoms in total. The van der Waals surface area contributed by atoms with E-state index >= 15 is 0 Å². The predicted molar refractivity (Wildman–Crippen MR) is 117 cm³/mol. The molecule has 0 spiro atoms. The molecule has 0 amide bonds. The first kappa shape index (κ1) is 20.3. The lowest BCUT2D eigenvalue weighted by atomic mass is 9.73. The zero-order chi connectivity index (χ0) is 20.3. The number of halogens is 1. The molecule has 0 aliphatic heterocycles. The molecule has 1 heterocycles. The lowest BCUT2D eigenvalue weighted by Crippen LogP contribution is -2.21. The number of hydrogen-bond acceptors (Lipinski definition) is 1. The summed E-state index contributed by atoms with van der Waals surface area (Å²) < 4.78 is 14.7. The van der Waals surface area contributed by atoms with Gasteiger partial charge in [-0.1, -0.05) is 67.7 Å². The Hall–Kier alpha value is -2.48. The Labute approximate surface area is 168 Å². The molecule has 0 N–H and O–H groups in total. The summed E-state index contributed by atoms with van der Waals surface area (Å²) in [7, 11) is 0. The lowest BCUT2D eigenvalue weighted by molar-refractivity contribution is 0.367. The van der Waals surface area contributed by atoms with Crippen LogP contribution < -0.4 is 0 Å². The molecule has 1 saturated carbocycles. The minimum atomic E-state index is -1.22. The first-order valence-corrected chi connectivity index (χ1v) is 10.1. The molecule has 0 saturated heterocycles. The van der Waals surface area contributed by atoms with E-state index in [-0.39, 0.29) is 11.8 Å². The molecule has 1 aromatic rings. The Kier molecular flexibility index (Phi) is 5.98. The fraction of sp³-hybridized carbons (Fsp3) is 0.346. The molecule has 2 unspecified atom stereocenters. The van der Waals surface area contributed by atoms with Crippen LogP contribution in [-0.4, -0.2) is 10.7 Å². The summed E-state index contributed by atoms with van der Waals surface area (Å²) in [6, 6.07) is 4.10. The maximum atomic E-state index is 14.7. The van der Waals surface area contributed by atoms with Gasteiger partial charge in [-0.2, -0.15) is 0 Å². The third-order valence-electron chi connectivity index (χ3n) is 5.90. The Morgan fingerprint density at radius 3 is 2.71 bits per heavy atom. The summed E-state index contributed by atoms with van der Waals surface area (Å²) >= 11 is 0. The van der Waals surface area contributed by atoms with Crippen molar-refractivity contribution in [2.45, 2.75) is 45.2 Å². The molecule has 3 rings (SSSR count). The van der Waals surface area contributed by atoms with Gasteiger partial charge in [-0.05, 0) is 55.4 Å². The molecular formula is C26H30FN. The number of aryl methyl sites for hydroxylation is 1. The number of alkyl halides is 1. The molecule has 28 heavy (non-hydrogen) atoms. The fourth-order valence-corrected chi connectivity index (χ4v) is 4.10. The summed E-state index contributed by atoms with van der Waals surface area (Å²) in [6.45, 7) is 16.3. The number of pyridine rings is 1. The first-order chi connectivity index (χ1) is 13.4. The molecule has 1 aromatic heterocycles. The van der Waals surface area contributed by atoms with Crippen molar-refractivity contribution in [2.24, 2.45) is 11.8 Å². The van der Waals surface area contributed by atoms with E-state index in [0.29, 0.717) is 18.4 Å². The first-order valence-electron chi connectivity index (χ1n) is 10.1. The van der Waals surface area contributed by atoms with Crippen molar-refractivity contribution in [3.05, 3.63) is 102 Å². The highest BCUT2D eigenvalue weighted by molar-refractivity contribution is 5.46. The highest BCUT2D eigenvalue weighted by Gasteiger charge is 2.45. The second kappa shape index (κ2) is 8.26. The van der Waals surface area contributed by atoms with E-state index in [4.69, 9.17) is 0 Å². The van der Waals surface area contributed by atoms with E-state index in [1.54, 1.807) is 0 Å². The quantitative estimate of drug-likeness (QED) is 0.365. The number of allylic oxidation sites excluding steroid dienone is 9. The van der Waals surface area contributed by atoms with Gasteiger partial charge in [0.05, 0.1) is 0 Å². The van der Waals surface area contributed by atoms with Gasteiger partial charge in [-0.15, -0.1) is 6.58 Å². The highest BCUT2D eigenvalue weighted by Crippen LogP contribution is 2.47. The van der Waals surface area contributed by atoms with Crippen LogP contribution in [0.3, 0.4) is 0 Å². The van der Waals surface area contributed by atoms with E-state index in [1.165, 1.54) is 16.7 Å². The van der Waals surface area contributed by atoms with Crippen molar-refractivity contribution in [2.75, 3.05) is 0 Å². The zero-order valence-corrected chi connectivity index (χ0v) is 17.0. The van der Waals surface area contributed by atoms with Crippen LogP contribution >= 0.6 is 0 Å². The number of aromatic nitrogens is 1. The largest absolute Gasteiger partial charge is 0.261 e. The highest BCUT2D eigenvalue weighted by atomic mass is 19.1. The monoisotopic (exact) mass is 375 g/mol. The van der Waals surface area contributed by atoms with Gasteiger partial charge < -0.3 is 0 Å². The van der Waals surface area contributed by atoms with Crippen molar-refractivity contribution in [3.63, 3.8) is 0 Å². The molecule has 1 fully saturated rings. The van der Waals surface area contributed by atoms with E-state index in [1.807, 2.05) is 30.5 Å². The van der Waals surface area contributed by atoms with Crippen LogP contribution in [0.15, 0.2) is 90.7 Å². The van der Waals surface area contributed by atoms with E-state index < -0.39 is 5.67 Å². The third-order valence-corrected chi connectivity index (χ3v) is 5.90. The number of hydrogen-bond donors (Lipinski definition) is 0. The average molecular weight is 376 g/mol. The van der Waals surface area contributed by atoms with Gasteiger partial charge in [0.1, 0.15) is 5.67 Å². The Balaban J connectivity index is 2.03. The summed E-state index contributed by atoms with van der Waals surface area (Å²) in [5.41, 5.74) is 5.19. The standard InChI is InChI=1S/C26H30FN/c1-6-20-14-18(4)25(21(7-2)16-20)23(15-19(5)26(27)11-12-26)17-22-10-9-13-28-24(22)8-3/h6-7,9-10,13-16,21,25H,1-2,5,8,11-12,17H2,3-4H3/b23-15+. The maximum absolute atomic E-state index is 14.7. The summed E-state index contributed by atoms with van der Waals surface area (Å²) in [6.07, 6.45) is 14.8. The minimum absolute atomic E-state index is 0.144. The fourth-order valence-electron chi connectivity index (χ4n) is 4.10. The smallest absolute Gasteiger partial charge is 0.135 e. The predicted octanol–water partition coefficient (Wildman–Crippen LogP) is 6.66. The number of nitrogens with zero attached hydrogens (tertiary/aromatic N) is 1. The van der Waals surface area contributed by atoms with Crippen molar-refractivity contribution >= 4 is 0 Å². The topological polar surface area (TPSA) is 12.9 Å². The molecule has 2 aliphatic rings. The van der Waals surface area contributed by atoms with Crippen molar-refractivity contribution in [3.8, 4) is 0 Å². The molecule has 2 heteroatoms. The molecule has 0 bridgehead atoms. The third kappa shape index (κ3) is 4.16. The Morgan fingerprint density at radius 2 is 2.11 bits per heavy atom. The van der Waals surface area contributed by atoms with Crippen LogP contribution in [0.25, 0.3) is 0 Å². The molecule has 2 aliphatic carbocycles. The Morgan fingerprint density at radius 1 is 1.36 bits per heavy atom. The van der Waals surface area contributed by atoms with Gasteiger partial charge >= 0.3 is 0 Å². The molecular weight excluding hydrogens is 345 g/mol. The molecule has 146 valence electrons. The summed E-state index contributed by atoms with van der Waals surface area (Å²) in [4.78, 5) is 4.54. The Bertz CT molecular complexity index is 879. The summed E-state index contributed by atoms with van der Waals surface area (Å²) in [5.74, 6) is 0.291. The van der Waals surface area contributed by atoms with Gasteiger partial charge in [-0.3, -0.25) is 4.98 Å². The second-order valence-electron chi connectivity index (χ2n) is 7.90. The maximum Gasteiger partial charge on any atom is 0.135 e. The van der Waals surface area contributed by atoms with Crippen LogP contribution in [-0.2, 0) is 12.8 Å². The van der Waals surface area contributed by atoms with Gasteiger partial charge in [0.25, 0.3) is 0 Å². The minimum Gasteiger partial charge on any atom is -0.261 e. The molecule has 2 atom stereocenters. The van der Waals surface area contributed by atoms with Crippen LogP contribution in [0, 0.1) is 11.8 Å². The zero-order valence-electron chi connectivity index (χ0n) is 17.0. The number of rotatable bonds is 8. The van der Waals surface area contributed by atoms with Gasteiger partial charge in [0, 0.05) is 23.7 Å². The molecule has 0 radical (unpaired) electrons. The van der Waals surface area contributed by atoms with E-state index in [2.05, 4.69) is 56.8 Å². The van der Waals surface area contributed by atoms with Crippen molar-refractivity contribution < 1.29 is 4.39 Å². The summed E-state index contributed by atoms with van der Waals surface area (Å²) in [5, 5.41) is 0. The van der Waals surface area contributed by atoms with E-state index in [9.17, 15) is 4.39 Å². The lowest BCUT2D eigenvalue weighted by Gasteiger charge is -2.31. The van der Waals surface area contributed by atoms with Gasteiger partial charge in [0.2, 0.25) is 0 Å². The van der Waals surface area contributed by atoms with Crippen LogP contribution in [0.4, 0.5) is 4.39 Å².